The van der Waals surface area contributed by atoms with Gasteiger partial charge in [-0.3, -0.25) is 4.98 Å². The van der Waals surface area contributed by atoms with Crippen molar-refractivity contribution < 1.29 is 0 Å². The van der Waals surface area contributed by atoms with Crippen LogP contribution in [-0.2, 0) is 6.42 Å². The first-order valence-corrected chi connectivity index (χ1v) is 6.51. The Morgan fingerprint density at radius 1 is 1.22 bits per heavy atom. The number of nitrogens with one attached hydrogen (secondary N) is 1. The molecule has 0 amide bonds. The topological polar surface area (TPSA) is 24.9 Å². The quantitative estimate of drug-likeness (QED) is 0.860. The van der Waals surface area contributed by atoms with Gasteiger partial charge in [-0.15, -0.1) is 0 Å². The van der Waals surface area contributed by atoms with Crippen LogP contribution in [-0.4, -0.2) is 4.98 Å². The van der Waals surface area contributed by atoms with E-state index in [2.05, 4.69) is 48.4 Å². The molecule has 1 aliphatic rings. The molecule has 0 aliphatic heterocycles. The van der Waals surface area contributed by atoms with E-state index in [0.29, 0.717) is 6.04 Å². The van der Waals surface area contributed by atoms with E-state index in [1.54, 1.807) is 0 Å². The second kappa shape index (κ2) is 4.45. The summed E-state index contributed by atoms with van der Waals surface area (Å²) in [6, 6.07) is 11.3. The monoisotopic (exact) mass is 238 g/mol. The minimum absolute atomic E-state index is 0.433. The van der Waals surface area contributed by atoms with Gasteiger partial charge in [0.05, 0.1) is 17.4 Å². The maximum Gasteiger partial charge on any atom is 0.0603 e. The van der Waals surface area contributed by atoms with Gasteiger partial charge >= 0.3 is 0 Å². The molecule has 0 fully saturated rings. The predicted molar refractivity (Wildman–Crippen MR) is 74.8 cm³/mol. The summed E-state index contributed by atoms with van der Waals surface area (Å²) in [4.78, 5) is 4.33. The Kier molecular flexibility index (Phi) is 2.78. The highest BCUT2D eigenvalue weighted by Crippen LogP contribution is 2.34. The Morgan fingerprint density at radius 3 is 2.94 bits per heavy atom. The maximum atomic E-state index is 4.33. The minimum atomic E-state index is 0.433. The Balaban J connectivity index is 1.89. The van der Waals surface area contributed by atoms with E-state index in [9.17, 15) is 0 Å². The van der Waals surface area contributed by atoms with Crippen molar-refractivity contribution >= 4 is 5.69 Å². The van der Waals surface area contributed by atoms with Crippen molar-refractivity contribution in [3.8, 4) is 0 Å². The predicted octanol–water partition coefficient (Wildman–Crippen LogP) is 3.80. The Labute approximate surface area is 108 Å². The Morgan fingerprint density at radius 2 is 2.11 bits per heavy atom. The van der Waals surface area contributed by atoms with Crippen LogP contribution in [0.15, 0.2) is 36.5 Å². The first kappa shape index (κ1) is 11.3. The number of nitrogens with zero attached hydrogens (tertiary/aromatic N) is 1. The number of hydrogen-bond donors (Lipinski definition) is 1. The van der Waals surface area contributed by atoms with Crippen molar-refractivity contribution in [1.82, 2.24) is 4.98 Å². The summed E-state index contributed by atoms with van der Waals surface area (Å²) in [5.74, 6) is 0. The number of benzene rings is 1. The summed E-state index contributed by atoms with van der Waals surface area (Å²) < 4.78 is 0. The van der Waals surface area contributed by atoms with Gasteiger partial charge in [0.2, 0.25) is 0 Å². The summed E-state index contributed by atoms with van der Waals surface area (Å²) in [6.07, 6.45) is 4.19. The molecule has 2 heteroatoms. The zero-order valence-corrected chi connectivity index (χ0v) is 10.9. The molecule has 0 saturated carbocycles. The van der Waals surface area contributed by atoms with Crippen molar-refractivity contribution in [2.75, 3.05) is 5.32 Å². The second-order valence-electron chi connectivity index (χ2n) is 5.07. The fourth-order valence-electron chi connectivity index (χ4n) is 2.70. The lowest BCUT2D eigenvalue weighted by molar-refractivity contribution is 0.759. The van der Waals surface area contributed by atoms with Gasteiger partial charge in [-0.1, -0.05) is 23.8 Å². The summed E-state index contributed by atoms with van der Waals surface area (Å²) in [7, 11) is 0. The number of fused-ring (bicyclic) bond motifs is 1. The average molecular weight is 238 g/mol. The smallest absolute Gasteiger partial charge is 0.0603 e. The SMILES string of the molecule is Cc1ccc2c(c1)C(Nc1cccnc1C)CC2. The Hall–Kier alpha value is -1.83. The molecule has 1 unspecified atom stereocenters. The first-order valence-electron chi connectivity index (χ1n) is 6.51. The molecule has 3 rings (SSSR count). The summed E-state index contributed by atoms with van der Waals surface area (Å²) in [6.45, 7) is 4.21. The van der Waals surface area contributed by atoms with Crippen LogP contribution in [0.4, 0.5) is 5.69 Å². The average Bonchev–Trinajstić information content (AvgIpc) is 2.75. The van der Waals surface area contributed by atoms with Crippen LogP contribution in [0.3, 0.4) is 0 Å². The standard InChI is InChI=1S/C16H18N2/c1-11-5-6-13-7-8-16(14(13)10-11)18-15-4-3-9-17-12(15)2/h3-6,9-10,16,18H,7-8H2,1-2H3. The summed E-state index contributed by atoms with van der Waals surface area (Å²) in [5.41, 5.74) is 6.50. The first-order chi connectivity index (χ1) is 8.74. The van der Waals surface area contributed by atoms with Crippen molar-refractivity contribution in [3.63, 3.8) is 0 Å². The normalized spacial score (nSPS) is 17.6. The molecule has 1 N–H and O–H groups in total. The van der Waals surface area contributed by atoms with Gasteiger partial charge in [-0.25, -0.2) is 0 Å². The summed E-state index contributed by atoms with van der Waals surface area (Å²) >= 11 is 0. The molecule has 1 heterocycles. The van der Waals surface area contributed by atoms with Crippen molar-refractivity contribution in [2.24, 2.45) is 0 Å². The number of pyridine rings is 1. The van der Waals surface area contributed by atoms with Crippen LogP contribution in [0.25, 0.3) is 0 Å². The van der Waals surface area contributed by atoms with E-state index in [1.165, 1.54) is 29.5 Å². The molecule has 0 bridgehead atoms. The van der Waals surface area contributed by atoms with Crippen LogP contribution in [0.5, 0.6) is 0 Å². The number of aryl methyl sites for hydroxylation is 3. The third-order valence-corrected chi connectivity index (χ3v) is 3.72. The Bertz CT molecular complexity index is 575. The lowest BCUT2D eigenvalue weighted by Gasteiger charge is -2.17. The van der Waals surface area contributed by atoms with Crippen molar-refractivity contribution in [1.29, 1.82) is 0 Å². The fourth-order valence-corrected chi connectivity index (χ4v) is 2.70. The minimum Gasteiger partial charge on any atom is -0.377 e. The van der Waals surface area contributed by atoms with Crippen LogP contribution >= 0.6 is 0 Å². The second-order valence-corrected chi connectivity index (χ2v) is 5.07. The van der Waals surface area contributed by atoms with Crippen molar-refractivity contribution in [3.05, 3.63) is 58.9 Å². The molecule has 1 aromatic carbocycles. The molecule has 1 aliphatic carbocycles. The molecular weight excluding hydrogens is 220 g/mol. The largest absolute Gasteiger partial charge is 0.377 e. The number of rotatable bonds is 2. The number of aromatic nitrogens is 1. The van der Waals surface area contributed by atoms with Crippen molar-refractivity contribution in [2.45, 2.75) is 32.7 Å². The van der Waals surface area contributed by atoms with Crippen LogP contribution < -0.4 is 5.32 Å². The molecule has 2 nitrogen and oxygen atoms in total. The molecule has 18 heavy (non-hydrogen) atoms. The molecule has 1 atom stereocenters. The van der Waals surface area contributed by atoms with E-state index in [4.69, 9.17) is 0 Å². The van der Waals surface area contributed by atoms with Crippen LogP contribution in [0.2, 0.25) is 0 Å². The summed E-state index contributed by atoms with van der Waals surface area (Å²) in [5, 5.41) is 3.63. The molecule has 0 spiro atoms. The molecule has 0 saturated heterocycles. The van der Waals surface area contributed by atoms with Crippen LogP contribution in [0.1, 0.15) is 34.8 Å². The molecule has 92 valence electrons. The fraction of sp³-hybridized carbons (Fsp3) is 0.312. The lowest BCUT2D eigenvalue weighted by Crippen LogP contribution is -2.08. The lowest BCUT2D eigenvalue weighted by atomic mass is 10.0. The third-order valence-electron chi connectivity index (χ3n) is 3.72. The highest BCUT2D eigenvalue weighted by atomic mass is 14.9. The van der Waals surface area contributed by atoms with Gasteiger partial charge in [0.15, 0.2) is 0 Å². The third kappa shape index (κ3) is 1.99. The highest BCUT2D eigenvalue weighted by molar-refractivity contribution is 5.51. The van der Waals surface area contributed by atoms with Gasteiger partial charge < -0.3 is 5.32 Å². The highest BCUT2D eigenvalue weighted by Gasteiger charge is 2.22. The number of anilines is 1. The van der Waals surface area contributed by atoms with Gasteiger partial charge in [-0.05, 0) is 49.9 Å². The number of hydrogen-bond acceptors (Lipinski definition) is 2. The van der Waals surface area contributed by atoms with E-state index in [-0.39, 0.29) is 0 Å². The zero-order valence-electron chi connectivity index (χ0n) is 10.9. The van der Waals surface area contributed by atoms with Gasteiger partial charge in [0.25, 0.3) is 0 Å². The van der Waals surface area contributed by atoms with E-state index in [0.717, 1.165) is 11.4 Å². The van der Waals surface area contributed by atoms with Gasteiger partial charge in [-0.2, -0.15) is 0 Å². The van der Waals surface area contributed by atoms with Crippen LogP contribution in [0, 0.1) is 13.8 Å². The molecule has 2 aromatic rings. The maximum absolute atomic E-state index is 4.33. The van der Waals surface area contributed by atoms with E-state index in [1.807, 2.05) is 12.3 Å². The zero-order chi connectivity index (χ0) is 12.5. The van der Waals surface area contributed by atoms with E-state index >= 15 is 0 Å². The van der Waals surface area contributed by atoms with Gasteiger partial charge in [0, 0.05) is 6.20 Å². The van der Waals surface area contributed by atoms with E-state index < -0.39 is 0 Å². The molecule has 0 radical (unpaired) electrons. The molecule has 1 aromatic heterocycles. The van der Waals surface area contributed by atoms with Gasteiger partial charge in [0.1, 0.15) is 0 Å². The molecular formula is C16H18N2.